The third-order valence-corrected chi connectivity index (χ3v) is 2.75. The molecule has 4 N–H and O–H groups in total. The molecule has 0 atom stereocenters. The summed E-state index contributed by atoms with van der Waals surface area (Å²) in [4.78, 5) is 13.8. The van der Waals surface area contributed by atoms with Gasteiger partial charge in [-0.2, -0.15) is 0 Å². The van der Waals surface area contributed by atoms with Gasteiger partial charge in [-0.1, -0.05) is 5.16 Å². The van der Waals surface area contributed by atoms with E-state index in [9.17, 15) is 10.1 Å². The SMILES string of the molecule is NC(=NO)c1cc([N+](=O)[O-])cnc1SCCO. The van der Waals surface area contributed by atoms with E-state index in [4.69, 9.17) is 16.0 Å². The Balaban J connectivity index is 3.17. The topological polar surface area (TPSA) is 135 Å². The predicted octanol–water partition coefficient (Wildman–Crippen LogP) is 0.169. The number of pyridine rings is 1. The quantitative estimate of drug-likeness (QED) is 0.171. The van der Waals surface area contributed by atoms with Crippen LogP contribution in [0, 0.1) is 10.1 Å². The van der Waals surface area contributed by atoms with Crippen molar-refractivity contribution in [2.45, 2.75) is 5.03 Å². The molecule has 1 rings (SSSR count). The van der Waals surface area contributed by atoms with Gasteiger partial charge in [0.15, 0.2) is 5.84 Å². The Morgan fingerprint density at radius 2 is 2.41 bits per heavy atom. The third kappa shape index (κ3) is 3.29. The van der Waals surface area contributed by atoms with E-state index < -0.39 is 4.92 Å². The molecule has 17 heavy (non-hydrogen) atoms. The molecule has 0 amide bonds. The summed E-state index contributed by atoms with van der Waals surface area (Å²) in [5.41, 5.74) is 5.31. The number of amidine groups is 1. The van der Waals surface area contributed by atoms with Crippen LogP contribution in [0.1, 0.15) is 5.56 Å². The van der Waals surface area contributed by atoms with E-state index in [0.29, 0.717) is 10.8 Å². The van der Waals surface area contributed by atoms with Gasteiger partial charge in [0.1, 0.15) is 11.2 Å². The number of hydrogen-bond acceptors (Lipinski definition) is 7. The minimum atomic E-state index is -0.623. The Labute approximate surface area is 100 Å². The van der Waals surface area contributed by atoms with Crippen molar-refractivity contribution in [2.24, 2.45) is 10.9 Å². The number of nitrogens with zero attached hydrogens (tertiary/aromatic N) is 3. The van der Waals surface area contributed by atoms with Gasteiger partial charge in [-0.3, -0.25) is 10.1 Å². The van der Waals surface area contributed by atoms with Crippen LogP contribution in [0.25, 0.3) is 0 Å². The van der Waals surface area contributed by atoms with Crippen LogP contribution in [0.2, 0.25) is 0 Å². The average molecular weight is 258 g/mol. The van der Waals surface area contributed by atoms with Gasteiger partial charge < -0.3 is 16.0 Å². The van der Waals surface area contributed by atoms with Crippen LogP contribution >= 0.6 is 11.8 Å². The Hall–Kier alpha value is -1.87. The number of nitro groups is 1. The second-order valence-electron chi connectivity index (χ2n) is 2.86. The van der Waals surface area contributed by atoms with Crippen LogP contribution in [-0.4, -0.2) is 38.4 Å². The van der Waals surface area contributed by atoms with E-state index in [2.05, 4.69) is 10.1 Å². The molecule has 0 saturated carbocycles. The standard InChI is InChI=1S/C8H10N4O4S/c9-7(11-14)6-3-5(12(15)16)4-10-8(6)17-2-1-13/h3-4,13-14H,1-2H2,(H2,9,11). The maximum absolute atomic E-state index is 10.6. The maximum atomic E-state index is 10.6. The molecule has 0 bridgehead atoms. The van der Waals surface area contributed by atoms with Crippen molar-refractivity contribution < 1.29 is 15.2 Å². The van der Waals surface area contributed by atoms with Gasteiger partial charge in [0.05, 0.1) is 17.1 Å². The second kappa shape index (κ2) is 6.01. The van der Waals surface area contributed by atoms with Gasteiger partial charge in [-0.05, 0) is 0 Å². The fraction of sp³-hybridized carbons (Fsp3) is 0.250. The molecule has 0 unspecified atom stereocenters. The van der Waals surface area contributed by atoms with Crippen molar-refractivity contribution in [3.05, 3.63) is 27.9 Å². The Kier molecular flexibility index (Phi) is 4.67. The van der Waals surface area contributed by atoms with Gasteiger partial charge in [0, 0.05) is 11.8 Å². The smallest absolute Gasteiger partial charge is 0.288 e. The van der Waals surface area contributed by atoms with Crippen LogP contribution in [0.5, 0.6) is 0 Å². The molecular formula is C8H10N4O4S. The summed E-state index contributed by atoms with van der Waals surface area (Å²) in [5, 5.41) is 31.0. The van der Waals surface area contributed by atoms with Gasteiger partial charge in [-0.25, -0.2) is 4.98 Å². The lowest BCUT2D eigenvalue weighted by Crippen LogP contribution is -2.15. The summed E-state index contributed by atoms with van der Waals surface area (Å²) >= 11 is 1.16. The third-order valence-electron chi connectivity index (χ3n) is 1.76. The first kappa shape index (κ1) is 13.2. The van der Waals surface area contributed by atoms with Gasteiger partial charge in [0.25, 0.3) is 5.69 Å². The van der Waals surface area contributed by atoms with E-state index in [1.807, 2.05) is 0 Å². The van der Waals surface area contributed by atoms with Crippen molar-refractivity contribution in [1.29, 1.82) is 0 Å². The largest absolute Gasteiger partial charge is 0.409 e. The zero-order chi connectivity index (χ0) is 12.8. The lowest BCUT2D eigenvalue weighted by Gasteiger charge is -2.05. The number of oxime groups is 1. The van der Waals surface area contributed by atoms with E-state index in [-0.39, 0.29) is 23.7 Å². The van der Waals surface area contributed by atoms with E-state index in [0.717, 1.165) is 18.0 Å². The zero-order valence-corrected chi connectivity index (χ0v) is 9.42. The first-order valence-corrected chi connectivity index (χ1v) is 5.44. The molecule has 1 aromatic rings. The van der Waals surface area contributed by atoms with Crippen molar-refractivity contribution >= 4 is 23.3 Å². The lowest BCUT2D eigenvalue weighted by atomic mass is 10.2. The fourth-order valence-electron chi connectivity index (χ4n) is 1.04. The molecule has 0 fully saturated rings. The number of nitrogens with two attached hydrogens (primary N) is 1. The molecule has 0 aliphatic rings. The van der Waals surface area contributed by atoms with Crippen LogP contribution in [0.3, 0.4) is 0 Å². The van der Waals surface area contributed by atoms with Crippen LogP contribution in [-0.2, 0) is 0 Å². The van der Waals surface area contributed by atoms with E-state index in [1.165, 1.54) is 6.07 Å². The summed E-state index contributed by atoms with van der Waals surface area (Å²) in [6, 6.07) is 1.17. The minimum Gasteiger partial charge on any atom is -0.409 e. The molecule has 0 aliphatic heterocycles. The van der Waals surface area contributed by atoms with E-state index >= 15 is 0 Å². The first-order valence-electron chi connectivity index (χ1n) is 4.46. The van der Waals surface area contributed by atoms with Crippen LogP contribution < -0.4 is 5.73 Å². The zero-order valence-electron chi connectivity index (χ0n) is 8.61. The highest BCUT2D eigenvalue weighted by molar-refractivity contribution is 7.99. The van der Waals surface area contributed by atoms with Gasteiger partial charge in [0.2, 0.25) is 0 Å². The highest BCUT2D eigenvalue weighted by Gasteiger charge is 2.15. The molecule has 8 nitrogen and oxygen atoms in total. The molecular weight excluding hydrogens is 248 g/mol. The van der Waals surface area contributed by atoms with Gasteiger partial charge in [-0.15, -0.1) is 11.8 Å². The molecule has 92 valence electrons. The number of hydrogen-bond donors (Lipinski definition) is 3. The molecule has 1 aromatic heterocycles. The van der Waals surface area contributed by atoms with Crippen LogP contribution in [0.15, 0.2) is 22.4 Å². The fourth-order valence-corrected chi connectivity index (χ4v) is 1.77. The molecule has 0 aliphatic carbocycles. The highest BCUT2D eigenvalue weighted by Crippen LogP contribution is 2.23. The summed E-state index contributed by atoms with van der Waals surface area (Å²) < 4.78 is 0. The second-order valence-corrected chi connectivity index (χ2v) is 3.94. The Bertz CT molecular complexity index is 451. The van der Waals surface area contributed by atoms with E-state index in [1.54, 1.807) is 0 Å². The number of aliphatic hydroxyl groups excluding tert-OH is 1. The summed E-state index contributed by atoms with van der Waals surface area (Å²) in [5.74, 6) is 0.0953. The van der Waals surface area contributed by atoms with Crippen molar-refractivity contribution in [3.63, 3.8) is 0 Å². The minimum absolute atomic E-state index is 0.0705. The number of thioether (sulfide) groups is 1. The maximum Gasteiger partial charge on any atom is 0.288 e. The van der Waals surface area contributed by atoms with Crippen molar-refractivity contribution in [2.75, 3.05) is 12.4 Å². The molecule has 9 heteroatoms. The lowest BCUT2D eigenvalue weighted by molar-refractivity contribution is -0.385. The summed E-state index contributed by atoms with van der Waals surface area (Å²) in [6.07, 6.45) is 1.08. The van der Waals surface area contributed by atoms with Crippen molar-refractivity contribution in [1.82, 2.24) is 4.98 Å². The van der Waals surface area contributed by atoms with Crippen molar-refractivity contribution in [3.8, 4) is 0 Å². The Morgan fingerprint density at radius 3 is 2.94 bits per heavy atom. The van der Waals surface area contributed by atoms with Crippen LogP contribution in [0.4, 0.5) is 5.69 Å². The highest BCUT2D eigenvalue weighted by atomic mass is 32.2. The molecule has 0 aromatic carbocycles. The number of aromatic nitrogens is 1. The molecule has 0 radical (unpaired) electrons. The number of aliphatic hydroxyl groups is 1. The van der Waals surface area contributed by atoms with Gasteiger partial charge >= 0.3 is 0 Å². The molecule has 1 heterocycles. The number of rotatable bonds is 5. The first-order chi connectivity index (χ1) is 8.10. The normalized spacial score (nSPS) is 11.5. The average Bonchev–Trinajstić information content (AvgIpc) is 2.35. The Morgan fingerprint density at radius 1 is 1.71 bits per heavy atom. The molecule has 0 saturated heterocycles. The predicted molar refractivity (Wildman–Crippen MR) is 61.2 cm³/mol. The molecule has 0 spiro atoms. The monoisotopic (exact) mass is 258 g/mol. The summed E-state index contributed by atoms with van der Waals surface area (Å²) in [7, 11) is 0. The summed E-state index contributed by atoms with van der Waals surface area (Å²) in [6.45, 7) is -0.0705.